The van der Waals surface area contributed by atoms with Gasteiger partial charge < -0.3 is 19.7 Å². The van der Waals surface area contributed by atoms with Crippen molar-refractivity contribution in [1.82, 2.24) is 5.16 Å². The van der Waals surface area contributed by atoms with E-state index < -0.39 is 5.82 Å². The first-order valence-corrected chi connectivity index (χ1v) is 5.70. The monoisotopic (exact) mass is 316 g/mol. The zero-order chi connectivity index (χ0) is 13.3. The fourth-order valence-electron chi connectivity index (χ4n) is 1.62. The van der Waals surface area contributed by atoms with E-state index in [0.29, 0.717) is 21.3 Å². The minimum absolute atomic E-state index is 0.0608. The number of nitrogens with two attached hydrogens (primary N) is 1. The number of hydrogen-bond donors (Lipinski definition) is 1. The Kier molecular flexibility index (Phi) is 3.42. The minimum Gasteiger partial charge on any atom is -0.495 e. The average Bonchev–Trinajstić information content (AvgIpc) is 2.75. The molecule has 0 saturated heterocycles. The van der Waals surface area contributed by atoms with E-state index >= 15 is 0 Å². The molecule has 18 heavy (non-hydrogen) atoms. The van der Waals surface area contributed by atoms with E-state index in [1.807, 2.05) is 0 Å². The maximum Gasteiger partial charge on any atom is 0.230 e. The van der Waals surface area contributed by atoms with Crippen LogP contribution in [0.1, 0.15) is 0 Å². The second-order valence-corrected chi connectivity index (χ2v) is 4.18. The second kappa shape index (κ2) is 4.85. The lowest BCUT2D eigenvalue weighted by Crippen LogP contribution is -1.97. The van der Waals surface area contributed by atoms with Gasteiger partial charge in [0.2, 0.25) is 5.88 Å². The minimum atomic E-state index is -0.541. The summed E-state index contributed by atoms with van der Waals surface area (Å²) in [6.45, 7) is 0. The fraction of sp³-hybridized carbons (Fsp3) is 0.182. The highest BCUT2D eigenvalue weighted by Gasteiger charge is 2.21. The SMILES string of the molecule is COc1c(F)cc(-c2cnoc2N)c(OC)c1Br. The molecule has 2 N–H and O–H groups in total. The Balaban J connectivity index is 2.72. The Morgan fingerprint density at radius 3 is 2.44 bits per heavy atom. The number of anilines is 1. The van der Waals surface area contributed by atoms with Crippen molar-refractivity contribution in [3.63, 3.8) is 0 Å². The van der Waals surface area contributed by atoms with Crippen LogP contribution in [0.15, 0.2) is 21.3 Å². The van der Waals surface area contributed by atoms with Gasteiger partial charge in [0, 0.05) is 5.56 Å². The molecule has 7 heteroatoms. The van der Waals surface area contributed by atoms with Gasteiger partial charge in [-0.25, -0.2) is 4.39 Å². The van der Waals surface area contributed by atoms with Crippen molar-refractivity contribution in [2.24, 2.45) is 0 Å². The van der Waals surface area contributed by atoms with Gasteiger partial charge in [-0.3, -0.25) is 0 Å². The van der Waals surface area contributed by atoms with Gasteiger partial charge in [0.25, 0.3) is 0 Å². The van der Waals surface area contributed by atoms with Crippen LogP contribution >= 0.6 is 15.9 Å². The smallest absolute Gasteiger partial charge is 0.230 e. The lowest BCUT2D eigenvalue weighted by atomic mass is 10.1. The van der Waals surface area contributed by atoms with E-state index in [4.69, 9.17) is 19.7 Å². The van der Waals surface area contributed by atoms with Crippen molar-refractivity contribution in [2.75, 3.05) is 20.0 Å². The number of methoxy groups -OCH3 is 2. The molecule has 0 saturated carbocycles. The highest BCUT2D eigenvalue weighted by atomic mass is 79.9. The van der Waals surface area contributed by atoms with Crippen LogP contribution in [0.5, 0.6) is 11.5 Å². The fourth-order valence-corrected chi connectivity index (χ4v) is 2.35. The molecule has 2 aromatic rings. The lowest BCUT2D eigenvalue weighted by molar-refractivity contribution is 0.370. The van der Waals surface area contributed by atoms with Gasteiger partial charge in [0.15, 0.2) is 11.6 Å². The molecule has 96 valence electrons. The van der Waals surface area contributed by atoms with Crippen LogP contribution in [0.3, 0.4) is 0 Å². The lowest BCUT2D eigenvalue weighted by Gasteiger charge is -2.13. The summed E-state index contributed by atoms with van der Waals surface area (Å²) in [4.78, 5) is 0. The van der Waals surface area contributed by atoms with E-state index in [2.05, 4.69) is 21.1 Å². The van der Waals surface area contributed by atoms with Gasteiger partial charge >= 0.3 is 0 Å². The number of nitrogens with zero attached hydrogens (tertiary/aromatic N) is 1. The molecule has 0 aliphatic heterocycles. The summed E-state index contributed by atoms with van der Waals surface area (Å²) in [5.41, 5.74) is 6.50. The normalized spacial score (nSPS) is 10.4. The summed E-state index contributed by atoms with van der Waals surface area (Å²) in [5, 5.41) is 3.55. The number of ether oxygens (including phenoxy) is 2. The molecule has 1 aromatic heterocycles. The Bertz CT molecular complexity index is 586. The van der Waals surface area contributed by atoms with Gasteiger partial charge in [-0.05, 0) is 22.0 Å². The molecule has 5 nitrogen and oxygen atoms in total. The summed E-state index contributed by atoms with van der Waals surface area (Å²) in [6.07, 6.45) is 1.39. The predicted molar refractivity (Wildman–Crippen MR) is 67.1 cm³/mol. The standard InChI is InChI=1S/C11H10BrFN2O3/c1-16-9-5(6-4-15-18-11(6)14)3-7(13)10(17-2)8(9)12/h3-4H,14H2,1-2H3. The average molecular weight is 317 g/mol. The van der Waals surface area contributed by atoms with Crippen LogP contribution in [0.25, 0.3) is 11.1 Å². The van der Waals surface area contributed by atoms with Crippen molar-refractivity contribution in [3.8, 4) is 22.6 Å². The number of benzene rings is 1. The molecule has 0 aliphatic rings. The van der Waals surface area contributed by atoms with E-state index in [9.17, 15) is 4.39 Å². The number of hydrogen-bond acceptors (Lipinski definition) is 5. The highest BCUT2D eigenvalue weighted by Crippen LogP contribution is 2.44. The van der Waals surface area contributed by atoms with Crippen LogP contribution in [0.4, 0.5) is 10.3 Å². The summed E-state index contributed by atoms with van der Waals surface area (Å²) >= 11 is 3.23. The Morgan fingerprint density at radius 2 is 1.94 bits per heavy atom. The summed E-state index contributed by atoms with van der Waals surface area (Å²) in [6, 6.07) is 1.26. The molecule has 1 aromatic carbocycles. The maximum absolute atomic E-state index is 13.8. The Labute approximate surface area is 111 Å². The van der Waals surface area contributed by atoms with Crippen LogP contribution in [-0.2, 0) is 0 Å². The van der Waals surface area contributed by atoms with Crippen LogP contribution < -0.4 is 15.2 Å². The number of rotatable bonds is 3. The number of nitrogen functional groups attached to an aromatic ring is 1. The number of halogens is 2. The van der Waals surface area contributed by atoms with Gasteiger partial charge in [-0.15, -0.1) is 0 Å². The van der Waals surface area contributed by atoms with Gasteiger partial charge in [0.1, 0.15) is 10.2 Å². The van der Waals surface area contributed by atoms with Gasteiger partial charge in [-0.2, -0.15) is 0 Å². The largest absolute Gasteiger partial charge is 0.495 e. The van der Waals surface area contributed by atoms with Crippen LogP contribution in [-0.4, -0.2) is 19.4 Å². The Morgan fingerprint density at radius 1 is 1.28 bits per heavy atom. The molecular formula is C11H10BrFN2O3. The first-order valence-electron chi connectivity index (χ1n) is 4.90. The van der Waals surface area contributed by atoms with E-state index in [1.165, 1.54) is 26.5 Å². The third-order valence-corrected chi connectivity index (χ3v) is 3.15. The topological polar surface area (TPSA) is 70.5 Å². The third-order valence-electron chi connectivity index (χ3n) is 2.43. The van der Waals surface area contributed by atoms with Crippen molar-refractivity contribution >= 4 is 21.8 Å². The Hall–Kier alpha value is -1.76. The van der Waals surface area contributed by atoms with Gasteiger partial charge in [0.05, 0.1) is 26.0 Å². The molecule has 0 fully saturated rings. The summed E-state index contributed by atoms with van der Waals surface area (Å²) < 4.78 is 29.2. The molecule has 0 aliphatic carbocycles. The van der Waals surface area contributed by atoms with Crippen LogP contribution in [0, 0.1) is 5.82 Å². The molecule has 0 unspecified atom stereocenters. The highest BCUT2D eigenvalue weighted by molar-refractivity contribution is 9.10. The zero-order valence-corrected chi connectivity index (χ0v) is 11.2. The van der Waals surface area contributed by atoms with E-state index in [1.54, 1.807) is 0 Å². The molecule has 0 radical (unpaired) electrons. The number of aromatic nitrogens is 1. The molecule has 2 rings (SSSR count). The third kappa shape index (κ3) is 1.90. The van der Waals surface area contributed by atoms with Crippen molar-refractivity contribution in [2.45, 2.75) is 0 Å². The quantitative estimate of drug-likeness (QED) is 0.942. The summed E-state index contributed by atoms with van der Waals surface area (Å²) in [7, 11) is 2.83. The van der Waals surface area contributed by atoms with Crippen LogP contribution in [0.2, 0.25) is 0 Å². The predicted octanol–water partition coefficient (Wildman–Crippen LogP) is 2.84. The van der Waals surface area contributed by atoms with Crippen molar-refractivity contribution < 1.29 is 18.4 Å². The second-order valence-electron chi connectivity index (χ2n) is 3.39. The van der Waals surface area contributed by atoms with Gasteiger partial charge in [-0.1, -0.05) is 5.16 Å². The molecule has 0 spiro atoms. The molecule has 1 heterocycles. The van der Waals surface area contributed by atoms with Crippen molar-refractivity contribution in [1.29, 1.82) is 0 Å². The summed E-state index contributed by atoms with van der Waals surface area (Å²) in [5.74, 6) is -0.000632. The molecule has 0 bridgehead atoms. The first-order chi connectivity index (χ1) is 8.60. The first kappa shape index (κ1) is 12.7. The molecule has 0 amide bonds. The van der Waals surface area contributed by atoms with Crippen molar-refractivity contribution in [3.05, 3.63) is 22.6 Å². The van der Waals surface area contributed by atoms with E-state index in [-0.39, 0.29) is 11.6 Å². The zero-order valence-electron chi connectivity index (χ0n) is 9.66. The van der Waals surface area contributed by atoms with E-state index in [0.717, 1.165) is 0 Å². The maximum atomic E-state index is 13.8. The molecular weight excluding hydrogens is 307 g/mol. The molecule has 0 atom stereocenters.